The summed E-state index contributed by atoms with van der Waals surface area (Å²) in [4.78, 5) is 26.8. The second-order valence-corrected chi connectivity index (χ2v) is 4.97. The fourth-order valence-electron chi connectivity index (χ4n) is 2.13. The molecular formula is C12H18N4O2. The number of nitrogens with zero attached hydrogens (tertiary/aromatic N) is 4. The lowest BCUT2D eigenvalue weighted by Gasteiger charge is -2.14. The third-order valence-electron chi connectivity index (χ3n) is 3.22. The van der Waals surface area contributed by atoms with E-state index < -0.39 is 0 Å². The molecule has 1 saturated heterocycles. The van der Waals surface area contributed by atoms with Crippen LogP contribution in [0.1, 0.15) is 6.42 Å². The highest BCUT2D eigenvalue weighted by Crippen LogP contribution is 2.17. The molecule has 2 heterocycles. The molecule has 0 bridgehead atoms. The quantitative estimate of drug-likeness (QED) is 0.744. The van der Waals surface area contributed by atoms with Crippen LogP contribution in [-0.4, -0.2) is 48.3 Å². The van der Waals surface area contributed by atoms with Crippen molar-refractivity contribution in [3.8, 4) is 0 Å². The van der Waals surface area contributed by atoms with Crippen LogP contribution in [0.5, 0.6) is 0 Å². The molecule has 0 saturated carbocycles. The number of rotatable bonds is 3. The van der Waals surface area contributed by atoms with E-state index in [1.165, 1.54) is 4.68 Å². The van der Waals surface area contributed by atoms with Gasteiger partial charge in [-0.1, -0.05) is 0 Å². The van der Waals surface area contributed by atoms with Crippen LogP contribution in [0.3, 0.4) is 0 Å². The van der Waals surface area contributed by atoms with Gasteiger partial charge < -0.3 is 9.80 Å². The summed E-state index contributed by atoms with van der Waals surface area (Å²) in [6.07, 6.45) is 2.17. The van der Waals surface area contributed by atoms with Crippen molar-refractivity contribution in [3.63, 3.8) is 0 Å². The number of aromatic nitrogens is 2. The van der Waals surface area contributed by atoms with Crippen molar-refractivity contribution in [1.82, 2.24) is 14.7 Å². The van der Waals surface area contributed by atoms with Crippen molar-refractivity contribution < 1.29 is 4.79 Å². The number of likely N-dealkylation sites (tertiary alicyclic amines) is 1. The minimum Gasteiger partial charge on any atom is -0.376 e. The summed E-state index contributed by atoms with van der Waals surface area (Å²) >= 11 is 0. The van der Waals surface area contributed by atoms with Crippen molar-refractivity contribution >= 4 is 11.6 Å². The van der Waals surface area contributed by atoms with Gasteiger partial charge in [-0.05, 0) is 0 Å². The lowest BCUT2D eigenvalue weighted by atomic mass is 10.1. The second-order valence-electron chi connectivity index (χ2n) is 4.97. The average molecular weight is 250 g/mol. The number of carbonyl (C=O) groups excluding carboxylic acids is 1. The van der Waals surface area contributed by atoms with E-state index in [1.54, 1.807) is 24.2 Å². The van der Waals surface area contributed by atoms with Crippen molar-refractivity contribution in [1.29, 1.82) is 0 Å². The molecule has 1 amide bonds. The van der Waals surface area contributed by atoms with Gasteiger partial charge >= 0.3 is 0 Å². The van der Waals surface area contributed by atoms with Crippen molar-refractivity contribution in [2.45, 2.75) is 13.0 Å². The standard InChI is InChI=1S/C12H18N4O2/c1-14(2)10-5-12(18)16(13-6-10)8-9-4-11(17)15(3)7-9/h5-6,9H,4,7-8H2,1-3H3. The van der Waals surface area contributed by atoms with Crippen molar-refractivity contribution in [3.05, 3.63) is 22.6 Å². The molecule has 1 aliphatic heterocycles. The van der Waals surface area contributed by atoms with Crippen LogP contribution in [0.25, 0.3) is 0 Å². The Morgan fingerprint density at radius 3 is 2.67 bits per heavy atom. The predicted octanol–water partition coefficient (Wildman–Crippen LogP) is -0.212. The fourth-order valence-corrected chi connectivity index (χ4v) is 2.13. The van der Waals surface area contributed by atoms with E-state index in [0.717, 1.165) is 5.69 Å². The van der Waals surface area contributed by atoms with Gasteiger partial charge in [0, 0.05) is 52.6 Å². The summed E-state index contributed by atoms with van der Waals surface area (Å²) in [6, 6.07) is 1.56. The Kier molecular flexibility index (Phi) is 3.36. The number of amides is 1. The largest absolute Gasteiger partial charge is 0.376 e. The zero-order chi connectivity index (χ0) is 13.3. The maximum absolute atomic E-state index is 11.9. The van der Waals surface area contributed by atoms with E-state index in [1.807, 2.05) is 19.0 Å². The molecule has 18 heavy (non-hydrogen) atoms. The van der Waals surface area contributed by atoms with Crippen LogP contribution in [0, 0.1) is 5.92 Å². The SMILES string of the molecule is CN1CC(Cn2ncc(N(C)C)cc2=O)CC1=O. The third-order valence-corrected chi connectivity index (χ3v) is 3.22. The van der Waals surface area contributed by atoms with Crippen LogP contribution in [0.15, 0.2) is 17.1 Å². The van der Waals surface area contributed by atoms with Gasteiger partial charge in [0.05, 0.1) is 11.9 Å². The normalized spacial score (nSPS) is 19.4. The smallest absolute Gasteiger partial charge is 0.268 e. The Balaban J connectivity index is 2.11. The monoisotopic (exact) mass is 250 g/mol. The molecule has 0 aliphatic carbocycles. The van der Waals surface area contributed by atoms with Gasteiger partial charge in [0.2, 0.25) is 5.91 Å². The molecule has 2 rings (SSSR count). The van der Waals surface area contributed by atoms with Gasteiger partial charge in [0.1, 0.15) is 0 Å². The Bertz CT molecular complexity index is 509. The molecule has 0 aromatic carbocycles. The Morgan fingerprint density at radius 1 is 1.44 bits per heavy atom. The van der Waals surface area contributed by atoms with Crippen LogP contribution >= 0.6 is 0 Å². The molecule has 1 atom stereocenters. The van der Waals surface area contributed by atoms with Crippen LogP contribution in [0.2, 0.25) is 0 Å². The molecule has 1 aromatic heterocycles. The van der Waals surface area contributed by atoms with E-state index in [4.69, 9.17) is 0 Å². The topological polar surface area (TPSA) is 58.4 Å². The van der Waals surface area contributed by atoms with Gasteiger partial charge in [-0.3, -0.25) is 9.59 Å². The van der Waals surface area contributed by atoms with E-state index in [0.29, 0.717) is 19.5 Å². The molecule has 6 nitrogen and oxygen atoms in total. The first-order chi connectivity index (χ1) is 8.47. The average Bonchev–Trinajstić information content (AvgIpc) is 2.61. The summed E-state index contributed by atoms with van der Waals surface area (Å²) in [7, 11) is 5.52. The minimum atomic E-state index is -0.122. The highest BCUT2D eigenvalue weighted by atomic mass is 16.2. The van der Waals surface area contributed by atoms with Gasteiger partial charge in [0.25, 0.3) is 5.56 Å². The molecule has 1 aliphatic rings. The van der Waals surface area contributed by atoms with E-state index in [9.17, 15) is 9.59 Å². The Labute approximate surface area is 106 Å². The number of carbonyl (C=O) groups is 1. The minimum absolute atomic E-state index is 0.122. The summed E-state index contributed by atoms with van der Waals surface area (Å²) in [5.74, 6) is 0.316. The Morgan fingerprint density at radius 2 is 2.17 bits per heavy atom. The molecule has 0 radical (unpaired) electrons. The molecule has 1 unspecified atom stereocenters. The molecule has 0 N–H and O–H groups in total. The second kappa shape index (κ2) is 4.80. The van der Waals surface area contributed by atoms with E-state index >= 15 is 0 Å². The third kappa shape index (κ3) is 2.52. The van der Waals surface area contributed by atoms with E-state index in [-0.39, 0.29) is 17.4 Å². The first kappa shape index (κ1) is 12.6. The number of anilines is 1. The summed E-state index contributed by atoms with van der Waals surface area (Å²) < 4.78 is 1.43. The number of hydrogen-bond acceptors (Lipinski definition) is 4. The summed E-state index contributed by atoms with van der Waals surface area (Å²) in [5, 5.41) is 4.15. The van der Waals surface area contributed by atoms with Gasteiger partial charge in [-0.25, -0.2) is 4.68 Å². The summed E-state index contributed by atoms with van der Waals surface area (Å²) in [5.41, 5.74) is 0.666. The lowest BCUT2D eigenvalue weighted by molar-refractivity contribution is -0.126. The van der Waals surface area contributed by atoms with Crippen LogP contribution < -0.4 is 10.5 Å². The first-order valence-electron chi connectivity index (χ1n) is 5.96. The zero-order valence-electron chi connectivity index (χ0n) is 11.0. The van der Waals surface area contributed by atoms with Gasteiger partial charge in [0.15, 0.2) is 0 Å². The predicted molar refractivity (Wildman–Crippen MR) is 68.6 cm³/mol. The highest BCUT2D eigenvalue weighted by Gasteiger charge is 2.27. The van der Waals surface area contributed by atoms with Crippen LogP contribution in [0.4, 0.5) is 5.69 Å². The van der Waals surface area contributed by atoms with Crippen molar-refractivity contribution in [2.24, 2.45) is 5.92 Å². The molecular weight excluding hydrogens is 232 g/mol. The van der Waals surface area contributed by atoms with Gasteiger partial charge in [-0.15, -0.1) is 0 Å². The first-order valence-corrected chi connectivity index (χ1v) is 5.96. The van der Waals surface area contributed by atoms with Gasteiger partial charge in [-0.2, -0.15) is 5.10 Å². The number of hydrogen-bond donors (Lipinski definition) is 0. The lowest BCUT2D eigenvalue weighted by Crippen LogP contribution is -2.28. The van der Waals surface area contributed by atoms with Crippen LogP contribution in [-0.2, 0) is 11.3 Å². The molecule has 98 valence electrons. The maximum atomic E-state index is 11.9. The molecule has 0 spiro atoms. The maximum Gasteiger partial charge on any atom is 0.268 e. The fraction of sp³-hybridized carbons (Fsp3) is 0.583. The Hall–Kier alpha value is -1.85. The van der Waals surface area contributed by atoms with E-state index in [2.05, 4.69) is 5.10 Å². The summed E-state index contributed by atoms with van der Waals surface area (Å²) in [6.45, 7) is 1.20. The molecule has 1 aromatic rings. The zero-order valence-corrected chi connectivity index (χ0v) is 11.0. The highest BCUT2D eigenvalue weighted by molar-refractivity contribution is 5.78. The van der Waals surface area contributed by atoms with Crippen molar-refractivity contribution in [2.75, 3.05) is 32.6 Å². The molecule has 6 heteroatoms. The molecule has 1 fully saturated rings.